The van der Waals surface area contributed by atoms with Gasteiger partial charge in [-0.3, -0.25) is 14.3 Å². The summed E-state index contributed by atoms with van der Waals surface area (Å²) in [5, 5.41) is 0.572. The van der Waals surface area contributed by atoms with E-state index in [9.17, 15) is 4.79 Å². The van der Waals surface area contributed by atoms with Crippen LogP contribution >= 0.6 is 11.6 Å². The minimum atomic E-state index is -0.171. The number of pyridine rings is 2. The van der Waals surface area contributed by atoms with Crippen LogP contribution in [0.15, 0.2) is 65.7 Å². The van der Waals surface area contributed by atoms with Gasteiger partial charge in [-0.15, -0.1) is 0 Å². The molecule has 1 aromatic carbocycles. The average molecular weight is 470 g/mol. The molecule has 3 rings (SSSR count). The van der Waals surface area contributed by atoms with E-state index < -0.39 is 0 Å². The lowest BCUT2D eigenvalue weighted by Gasteiger charge is -2.26. The molecule has 7 heteroatoms. The molecule has 0 bridgehead atoms. The third-order valence-corrected chi connectivity index (χ3v) is 5.88. The fourth-order valence-corrected chi connectivity index (χ4v) is 3.83. The van der Waals surface area contributed by atoms with E-state index >= 15 is 0 Å². The molecule has 0 fully saturated rings. The van der Waals surface area contributed by atoms with Gasteiger partial charge >= 0.3 is 0 Å². The first-order valence-electron chi connectivity index (χ1n) is 11.4. The van der Waals surface area contributed by atoms with Crippen LogP contribution in [0, 0.1) is 0 Å². The summed E-state index contributed by atoms with van der Waals surface area (Å²) in [6.45, 7) is 9.76. The fourth-order valence-electron chi connectivity index (χ4n) is 3.71. The van der Waals surface area contributed by atoms with Crippen molar-refractivity contribution in [2.24, 2.45) is 0 Å². The Labute approximate surface area is 200 Å². The van der Waals surface area contributed by atoms with Gasteiger partial charge in [-0.25, -0.2) is 0 Å². The second-order valence-corrected chi connectivity index (χ2v) is 8.32. The predicted molar refractivity (Wildman–Crippen MR) is 133 cm³/mol. The van der Waals surface area contributed by atoms with Crippen molar-refractivity contribution in [1.29, 1.82) is 0 Å². The van der Waals surface area contributed by atoms with Crippen LogP contribution in [0.1, 0.15) is 39.3 Å². The summed E-state index contributed by atoms with van der Waals surface area (Å²) in [6, 6.07) is 14.9. The van der Waals surface area contributed by atoms with E-state index in [1.54, 1.807) is 35.2 Å². The zero-order chi connectivity index (χ0) is 23.6. The van der Waals surface area contributed by atoms with Gasteiger partial charge in [0.25, 0.3) is 5.56 Å². The van der Waals surface area contributed by atoms with E-state index in [2.05, 4.69) is 30.7 Å². The molecule has 0 unspecified atom stereocenters. The first-order chi connectivity index (χ1) is 16.0. The summed E-state index contributed by atoms with van der Waals surface area (Å²) in [5.74, 6) is 1.30. The number of halogens is 1. The van der Waals surface area contributed by atoms with Crippen molar-refractivity contribution in [2.75, 3.05) is 19.7 Å². The Balaban J connectivity index is 1.51. The van der Waals surface area contributed by atoms with Crippen molar-refractivity contribution < 1.29 is 9.47 Å². The van der Waals surface area contributed by atoms with Gasteiger partial charge in [0.1, 0.15) is 18.1 Å². The number of benzene rings is 1. The average Bonchev–Trinajstić information content (AvgIpc) is 2.83. The van der Waals surface area contributed by atoms with Gasteiger partial charge in [-0.1, -0.05) is 25.4 Å². The molecular weight excluding hydrogens is 438 g/mol. The smallest absolute Gasteiger partial charge is 0.258 e. The number of hydrogen-bond donors (Lipinski definition) is 0. The lowest BCUT2D eigenvalue weighted by atomic mass is 10.1. The molecule has 1 atom stereocenters. The van der Waals surface area contributed by atoms with E-state index in [0.717, 1.165) is 43.1 Å². The molecule has 0 saturated heterocycles. The number of aromatic nitrogens is 2. The Morgan fingerprint density at radius 2 is 1.79 bits per heavy atom. The Kier molecular flexibility index (Phi) is 9.34. The molecule has 0 amide bonds. The van der Waals surface area contributed by atoms with E-state index in [1.807, 2.05) is 24.3 Å². The van der Waals surface area contributed by atoms with Crippen LogP contribution in [-0.4, -0.2) is 40.2 Å². The monoisotopic (exact) mass is 469 g/mol. The maximum absolute atomic E-state index is 12.6. The third-order valence-electron chi connectivity index (χ3n) is 5.65. The Morgan fingerprint density at radius 3 is 2.42 bits per heavy atom. The third kappa shape index (κ3) is 7.34. The van der Waals surface area contributed by atoms with Crippen LogP contribution in [-0.2, 0) is 6.61 Å². The van der Waals surface area contributed by atoms with Gasteiger partial charge in [0.05, 0.1) is 17.3 Å². The van der Waals surface area contributed by atoms with Crippen molar-refractivity contribution in [3.05, 3.63) is 82.0 Å². The molecule has 33 heavy (non-hydrogen) atoms. The largest absolute Gasteiger partial charge is 0.494 e. The van der Waals surface area contributed by atoms with E-state index in [0.29, 0.717) is 23.4 Å². The fraction of sp³-hybridized carbons (Fsp3) is 0.385. The molecule has 0 spiro atoms. The van der Waals surface area contributed by atoms with Crippen LogP contribution in [0.25, 0.3) is 5.69 Å². The second-order valence-electron chi connectivity index (χ2n) is 7.88. The van der Waals surface area contributed by atoms with Crippen LogP contribution in [0.5, 0.6) is 11.5 Å². The molecule has 3 aromatic rings. The van der Waals surface area contributed by atoms with E-state index in [1.165, 1.54) is 6.07 Å². The van der Waals surface area contributed by atoms with Gasteiger partial charge in [0.15, 0.2) is 0 Å². The summed E-state index contributed by atoms with van der Waals surface area (Å²) in [5.41, 5.74) is 1.34. The van der Waals surface area contributed by atoms with Gasteiger partial charge < -0.3 is 14.4 Å². The number of nitrogens with zero attached hydrogens (tertiary/aromatic N) is 3. The Bertz CT molecular complexity index is 1050. The van der Waals surface area contributed by atoms with Crippen molar-refractivity contribution in [3.8, 4) is 17.2 Å². The molecule has 0 saturated carbocycles. The first kappa shape index (κ1) is 24.8. The summed E-state index contributed by atoms with van der Waals surface area (Å²) >= 11 is 5.84. The number of hydrogen-bond acceptors (Lipinski definition) is 5. The van der Waals surface area contributed by atoms with Crippen LogP contribution in [0.3, 0.4) is 0 Å². The van der Waals surface area contributed by atoms with Crippen LogP contribution in [0.4, 0.5) is 0 Å². The van der Waals surface area contributed by atoms with Gasteiger partial charge in [0, 0.05) is 30.2 Å². The Hall–Kier alpha value is -2.83. The molecule has 176 valence electrons. The van der Waals surface area contributed by atoms with Gasteiger partial charge in [-0.05, 0) is 75.3 Å². The highest BCUT2D eigenvalue weighted by atomic mass is 35.5. The second kappa shape index (κ2) is 12.4. The summed E-state index contributed by atoms with van der Waals surface area (Å²) in [7, 11) is 0. The topological polar surface area (TPSA) is 56.6 Å². The highest BCUT2D eigenvalue weighted by molar-refractivity contribution is 6.30. The van der Waals surface area contributed by atoms with Gasteiger partial charge in [0.2, 0.25) is 0 Å². The van der Waals surface area contributed by atoms with Crippen LogP contribution < -0.4 is 15.0 Å². The molecule has 0 aliphatic heterocycles. The Morgan fingerprint density at radius 1 is 1.03 bits per heavy atom. The van der Waals surface area contributed by atoms with Gasteiger partial charge in [-0.2, -0.15) is 0 Å². The summed E-state index contributed by atoms with van der Waals surface area (Å²) < 4.78 is 13.1. The summed E-state index contributed by atoms with van der Waals surface area (Å²) in [4.78, 5) is 19.2. The molecule has 0 radical (unpaired) electrons. The maximum Gasteiger partial charge on any atom is 0.258 e. The predicted octanol–water partition coefficient (Wildman–Crippen LogP) is 5.35. The number of ether oxygens (including phenoxy) is 2. The quantitative estimate of drug-likeness (QED) is 0.334. The lowest BCUT2D eigenvalue weighted by Crippen LogP contribution is -2.32. The lowest BCUT2D eigenvalue weighted by molar-refractivity contribution is 0.204. The zero-order valence-corrected chi connectivity index (χ0v) is 20.3. The minimum Gasteiger partial charge on any atom is -0.494 e. The summed E-state index contributed by atoms with van der Waals surface area (Å²) in [6.07, 6.45) is 5.39. The van der Waals surface area contributed by atoms with E-state index in [-0.39, 0.29) is 12.2 Å². The van der Waals surface area contributed by atoms with Crippen molar-refractivity contribution in [1.82, 2.24) is 14.5 Å². The SMILES string of the molecule is CCN(CC)[C@H](C)CCCOc1ccc(-n2ccc(OCc3ccc(Cl)cn3)cc2=O)cc1. The highest BCUT2D eigenvalue weighted by Gasteiger charge is 2.09. The van der Waals surface area contributed by atoms with Crippen molar-refractivity contribution >= 4 is 11.6 Å². The number of rotatable bonds is 12. The van der Waals surface area contributed by atoms with E-state index in [4.69, 9.17) is 21.1 Å². The minimum absolute atomic E-state index is 0.171. The molecular formula is C26H32ClN3O3. The van der Waals surface area contributed by atoms with Crippen LogP contribution in [0.2, 0.25) is 5.02 Å². The maximum atomic E-state index is 12.6. The first-order valence-corrected chi connectivity index (χ1v) is 11.8. The zero-order valence-electron chi connectivity index (χ0n) is 19.5. The molecule has 6 nitrogen and oxygen atoms in total. The molecule has 0 N–H and O–H groups in total. The highest BCUT2D eigenvalue weighted by Crippen LogP contribution is 2.17. The van der Waals surface area contributed by atoms with Crippen molar-refractivity contribution in [2.45, 2.75) is 46.3 Å². The standard InChI is InChI=1S/C26H32ClN3O3/c1-4-29(5-2)20(3)7-6-16-32-24-12-10-23(11-13-24)30-15-14-25(17-26(30)31)33-19-22-9-8-21(27)18-28-22/h8-15,17-18,20H,4-7,16,19H2,1-3H3/t20-/m1/s1. The molecule has 2 heterocycles. The van der Waals surface area contributed by atoms with Crippen molar-refractivity contribution in [3.63, 3.8) is 0 Å². The molecule has 2 aromatic heterocycles. The normalized spacial score (nSPS) is 12.0. The molecule has 0 aliphatic carbocycles. The molecule has 0 aliphatic rings.